The molecule has 6 nitrogen and oxygen atoms in total. The molecule has 0 aromatic heterocycles. The van der Waals surface area contributed by atoms with Crippen LogP contribution in [0, 0.1) is 15.9 Å². The van der Waals surface area contributed by atoms with Gasteiger partial charge in [0.2, 0.25) is 0 Å². The lowest BCUT2D eigenvalue weighted by atomic mass is 9.92. The highest BCUT2D eigenvalue weighted by atomic mass is 79.9. The van der Waals surface area contributed by atoms with Crippen molar-refractivity contribution in [3.8, 4) is 0 Å². The maximum atomic E-state index is 13.1. The van der Waals surface area contributed by atoms with E-state index in [0.29, 0.717) is 31.4 Å². The molecule has 0 radical (unpaired) electrons. The molecular weight excluding hydrogens is 347 g/mol. The summed E-state index contributed by atoms with van der Waals surface area (Å²) in [6.07, 6.45) is 1.22. The Kier molecular flexibility index (Phi) is 4.89. The molecule has 0 spiro atoms. The second kappa shape index (κ2) is 6.48. The van der Waals surface area contributed by atoms with E-state index in [0.717, 1.165) is 18.2 Å². The number of hydrogen-bond donors (Lipinski definition) is 1. The number of rotatable bonds is 4. The summed E-state index contributed by atoms with van der Waals surface area (Å²) in [6.45, 7) is 1.02. The van der Waals surface area contributed by atoms with Gasteiger partial charge in [0.1, 0.15) is 11.4 Å². The number of carbonyl (C=O) groups excluding carboxylic acids is 1. The zero-order chi connectivity index (χ0) is 15.5. The average Bonchev–Trinajstić information content (AvgIpc) is 2.47. The zero-order valence-electron chi connectivity index (χ0n) is 11.1. The van der Waals surface area contributed by atoms with Crippen LogP contribution in [-0.2, 0) is 4.74 Å². The minimum Gasteiger partial charge on any atom is -0.381 e. The van der Waals surface area contributed by atoms with Crippen molar-refractivity contribution in [2.24, 2.45) is 0 Å². The largest absolute Gasteiger partial charge is 0.381 e. The predicted octanol–water partition coefficient (Wildman–Crippen LogP) is 2.41. The van der Waals surface area contributed by atoms with Crippen molar-refractivity contribution in [3.05, 3.63) is 39.7 Å². The quantitative estimate of drug-likeness (QED) is 0.507. The van der Waals surface area contributed by atoms with Gasteiger partial charge in [-0.3, -0.25) is 14.9 Å². The summed E-state index contributed by atoms with van der Waals surface area (Å²) in [4.78, 5) is 22.5. The van der Waals surface area contributed by atoms with Crippen LogP contribution < -0.4 is 5.32 Å². The van der Waals surface area contributed by atoms with Crippen molar-refractivity contribution >= 4 is 27.5 Å². The highest BCUT2D eigenvalue weighted by molar-refractivity contribution is 9.09. The topological polar surface area (TPSA) is 81.5 Å². The number of amides is 1. The normalized spacial score (nSPS) is 17.2. The minimum absolute atomic E-state index is 0.145. The highest BCUT2D eigenvalue weighted by Gasteiger charge is 2.34. The fourth-order valence-corrected chi connectivity index (χ4v) is 2.91. The molecule has 1 aromatic rings. The lowest BCUT2D eigenvalue weighted by Crippen LogP contribution is -2.53. The molecule has 114 valence electrons. The van der Waals surface area contributed by atoms with Gasteiger partial charge in [0.25, 0.3) is 11.6 Å². The first-order chi connectivity index (χ1) is 9.97. The smallest absolute Gasteiger partial charge is 0.285 e. The number of carbonyl (C=O) groups is 1. The number of halogens is 2. The molecule has 0 atom stereocenters. The third kappa shape index (κ3) is 3.56. The molecule has 1 saturated heterocycles. The molecule has 0 bridgehead atoms. The molecule has 1 N–H and O–H groups in total. The van der Waals surface area contributed by atoms with Crippen LogP contribution in [0.25, 0.3) is 0 Å². The number of hydrogen-bond acceptors (Lipinski definition) is 4. The van der Waals surface area contributed by atoms with E-state index in [4.69, 9.17) is 4.74 Å². The number of alkyl halides is 1. The van der Waals surface area contributed by atoms with Gasteiger partial charge in [0.15, 0.2) is 0 Å². The molecular formula is C13H14BrFN2O4. The molecule has 1 aliphatic heterocycles. The van der Waals surface area contributed by atoms with Crippen molar-refractivity contribution < 1.29 is 18.8 Å². The summed E-state index contributed by atoms with van der Waals surface area (Å²) in [5.41, 5.74) is -1.19. The van der Waals surface area contributed by atoms with E-state index >= 15 is 0 Å². The first-order valence-electron chi connectivity index (χ1n) is 6.38. The SMILES string of the molecule is O=C(NC1(CBr)CCOCC1)c1ccc(F)cc1[N+](=O)[O-]. The van der Waals surface area contributed by atoms with Crippen LogP contribution in [0.4, 0.5) is 10.1 Å². The highest BCUT2D eigenvalue weighted by Crippen LogP contribution is 2.25. The number of nitro groups is 1. The van der Waals surface area contributed by atoms with Gasteiger partial charge in [-0.2, -0.15) is 0 Å². The molecule has 1 fully saturated rings. The molecule has 1 heterocycles. The summed E-state index contributed by atoms with van der Waals surface area (Å²) in [5, 5.41) is 14.3. The zero-order valence-corrected chi connectivity index (χ0v) is 12.7. The standard InChI is InChI=1S/C13H14BrFN2O4/c14-8-13(3-5-21-6-4-13)16-12(18)10-2-1-9(15)7-11(10)17(19)20/h1-2,7H,3-6,8H2,(H,16,18). The Balaban J connectivity index is 2.25. The van der Waals surface area contributed by atoms with Gasteiger partial charge in [-0.1, -0.05) is 15.9 Å². The molecule has 0 aliphatic carbocycles. The van der Waals surface area contributed by atoms with Crippen LogP contribution in [0.5, 0.6) is 0 Å². The van der Waals surface area contributed by atoms with Gasteiger partial charge in [-0.25, -0.2) is 4.39 Å². The van der Waals surface area contributed by atoms with E-state index in [-0.39, 0.29) is 5.56 Å². The maximum absolute atomic E-state index is 13.1. The molecule has 0 unspecified atom stereocenters. The molecule has 1 amide bonds. The van der Waals surface area contributed by atoms with Crippen LogP contribution >= 0.6 is 15.9 Å². The molecule has 1 aromatic carbocycles. The summed E-state index contributed by atoms with van der Waals surface area (Å²) >= 11 is 3.36. The van der Waals surface area contributed by atoms with Gasteiger partial charge < -0.3 is 10.1 Å². The van der Waals surface area contributed by atoms with E-state index in [2.05, 4.69) is 21.2 Å². The van der Waals surface area contributed by atoms with Crippen molar-refractivity contribution in [3.63, 3.8) is 0 Å². The fourth-order valence-electron chi connectivity index (χ4n) is 2.21. The Bertz CT molecular complexity index is 561. The molecule has 0 saturated carbocycles. The van der Waals surface area contributed by atoms with Crippen molar-refractivity contribution in [2.75, 3.05) is 18.5 Å². The molecule has 2 rings (SSSR count). The van der Waals surface area contributed by atoms with Crippen LogP contribution in [0.15, 0.2) is 18.2 Å². The van der Waals surface area contributed by atoms with Crippen LogP contribution in [-0.4, -0.2) is 34.9 Å². The predicted molar refractivity (Wildman–Crippen MR) is 77.1 cm³/mol. The Morgan fingerprint density at radius 1 is 1.48 bits per heavy atom. The number of benzene rings is 1. The van der Waals surface area contributed by atoms with E-state index in [1.807, 2.05) is 0 Å². The Hall–Kier alpha value is -1.54. The van der Waals surface area contributed by atoms with Gasteiger partial charge in [-0.05, 0) is 25.0 Å². The fraction of sp³-hybridized carbons (Fsp3) is 0.462. The summed E-state index contributed by atoms with van der Waals surface area (Å²) in [7, 11) is 0. The minimum atomic E-state index is -0.761. The van der Waals surface area contributed by atoms with E-state index in [9.17, 15) is 19.3 Å². The summed E-state index contributed by atoms with van der Waals surface area (Å²) < 4.78 is 18.4. The average molecular weight is 361 g/mol. The van der Waals surface area contributed by atoms with Crippen LogP contribution in [0.1, 0.15) is 23.2 Å². The summed E-state index contributed by atoms with van der Waals surface area (Å²) in [5.74, 6) is -1.33. The Morgan fingerprint density at radius 2 is 2.14 bits per heavy atom. The van der Waals surface area contributed by atoms with E-state index < -0.39 is 27.9 Å². The Labute approximate surface area is 128 Å². The van der Waals surface area contributed by atoms with Gasteiger partial charge in [0, 0.05) is 18.5 Å². The van der Waals surface area contributed by atoms with E-state index in [1.165, 1.54) is 0 Å². The first kappa shape index (κ1) is 15.8. The third-order valence-electron chi connectivity index (χ3n) is 3.49. The monoisotopic (exact) mass is 360 g/mol. The van der Waals surface area contributed by atoms with Crippen LogP contribution in [0.2, 0.25) is 0 Å². The number of ether oxygens (including phenoxy) is 1. The van der Waals surface area contributed by atoms with Crippen molar-refractivity contribution in [1.82, 2.24) is 5.32 Å². The second-order valence-electron chi connectivity index (χ2n) is 4.90. The van der Waals surface area contributed by atoms with Crippen molar-refractivity contribution in [2.45, 2.75) is 18.4 Å². The van der Waals surface area contributed by atoms with Crippen LogP contribution in [0.3, 0.4) is 0 Å². The summed E-state index contributed by atoms with van der Waals surface area (Å²) in [6, 6.07) is 2.91. The van der Waals surface area contributed by atoms with E-state index in [1.54, 1.807) is 0 Å². The number of nitrogens with one attached hydrogen (secondary N) is 1. The van der Waals surface area contributed by atoms with Gasteiger partial charge in [-0.15, -0.1) is 0 Å². The lowest BCUT2D eigenvalue weighted by molar-refractivity contribution is -0.385. The maximum Gasteiger partial charge on any atom is 0.285 e. The number of nitrogens with zero attached hydrogens (tertiary/aromatic N) is 1. The Morgan fingerprint density at radius 3 is 2.71 bits per heavy atom. The van der Waals surface area contributed by atoms with Gasteiger partial charge >= 0.3 is 0 Å². The molecule has 1 aliphatic rings. The number of nitro benzene ring substituents is 1. The van der Waals surface area contributed by atoms with Gasteiger partial charge in [0.05, 0.1) is 16.5 Å². The second-order valence-corrected chi connectivity index (χ2v) is 5.46. The third-order valence-corrected chi connectivity index (χ3v) is 4.56. The molecule has 8 heteroatoms. The van der Waals surface area contributed by atoms with Crippen molar-refractivity contribution in [1.29, 1.82) is 0 Å². The molecule has 21 heavy (non-hydrogen) atoms. The lowest BCUT2D eigenvalue weighted by Gasteiger charge is -2.36. The first-order valence-corrected chi connectivity index (χ1v) is 7.50.